The highest BCUT2D eigenvalue weighted by molar-refractivity contribution is 5.79. The van der Waals surface area contributed by atoms with Crippen LogP contribution in [0, 0.1) is 11.8 Å². The maximum atomic E-state index is 12.6. The molecule has 5 heteroatoms. The summed E-state index contributed by atoms with van der Waals surface area (Å²) in [5.41, 5.74) is 1.28. The van der Waals surface area contributed by atoms with Gasteiger partial charge in [0.1, 0.15) is 0 Å². The number of amides is 1. The molecule has 0 unspecified atom stereocenters. The Kier molecular flexibility index (Phi) is 5.65. The molecule has 2 aliphatic rings. The van der Waals surface area contributed by atoms with E-state index < -0.39 is 0 Å². The highest BCUT2D eigenvalue weighted by Crippen LogP contribution is 2.34. The minimum atomic E-state index is 0.0109. The number of rotatable bonds is 6. The molecule has 0 saturated carbocycles. The van der Waals surface area contributed by atoms with E-state index in [1.54, 1.807) is 7.11 Å². The number of fused-ring (bicyclic) bond motifs is 1. The molecule has 2 saturated heterocycles. The summed E-state index contributed by atoms with van der Waals surface area (Å²) in [6, 6.07) is 10.4. The van der Waals surface area contributed by atoms with Gasteiger partial charge >= 0.3 is 0 Å². The van der Waals surface area contributed by atoms with Crippen molar-refractivity contribution < 1.29 is 14.3 Å². The number of hydrogen-bond donors (Lipinski definition) is 1. The summed E-state index contributed by atoms with van der Waals surface area (Å²) in [5.74, 6) is 0.502. The number of carbonyl (C=O) groups is 1. The van der Waals surface area contributed by atoms with Crippen LogP contribution in [-0.4, -0.2) is 56.9 Å². The van der Waals surface area contributed by atoms with E-state index in [0.717, 1.165) is 32.7 Å². The zero-order valence-electron chi connectivity index (χ0n) is 13.7. The third-order valence-corrected chi connectivity index (χ3v) is 4.86. The molecule has 3 rings (SSSR count). The summed E-state index contributed by atoms with van der Waals surface area (Å²) < 4.78 is 10.9. The molecular weight excluding hydrogens is 292 g/mol. The highest BCUT2D eigenvalue weighted by atomic mass is 16.5. The second-order valence-electron chi connectivity index (χ2n) is 6.43. The Morgan fingerprint density at radius 2 is 2.17 bits per heavy atom. The molecule has 2 aliphatic heterocycles. The van der Waals surface area contributed by atoms with E-state index in [4.69, 9.17) is 9.47 Å². The number of nitrogens with one attached hydrogen (secondary N) is 1. The Morgan fingerprint density at radius 1 is 1.35 bits per heavy atom. The van der Waals surface area contributed by atoms with Gasteiger partial charge in [0, 0.05) is 45.8 Å². The quantitative estimate of drug-likeness (QED) is 0.803. The standard InChI is InChI=1S/C18H26N2O3/c1-22-10-8-19-18(21)16-12-20(11-14-5-3-2-4-6-14)13-17-15(16)7-9-23-17/h2-6,15-17H,7-13H2,1H3,(H,19,21)/t15-,16-,17+/m0/s1. The van der Waals surface area contributed by atoms with Crippen molar-refractivity contribution in [2.24, 2.45) is 11.8 Å². The number of methoxy groups -OCH3 is 1. The molecular formula is C18H26N2O3. The zero-order chi connectivity index (χ0) is 16.1. The first-order valence-electron chi connectivity index (χ1n) is 8.42. The van der Waals surface area contributed by atoms with E-state index in [0.29, 0.717) is 19.1 Å². The lowest BCUT2D eigenvalue weighted by Crippen LogP contribution is -2.52. The lowest BCUT2D eigenvalue weighted by atomic mass is 9.82. The molecule has 1 N–H and O–H groups in total. The minimum absolute atomic E-state index is 0.0109. The number of hydrogen-bond acceptors (Lipinski definition) is 4. The predicted octanol–water partition coefficient (Wildman–Crippen LogP) is 1.29. The van der Waals surface area contributed by atoms with Crippen LogP contribution < -0.4 is 5.32 Å². The Hall–Kier alpha value is -1.43. The van der Waals surface area contributed by atoms with Crippen LogP contribution in [0.5, 0.6) is 0 Å². The second kappa shape index (κ2) is 7.90. The van der Waals surface area contributed by atoms with Crippen molar-refractivity contribution >= 4 is 5.91 Å². The van der Waals surface area contributed by atoms with Gasteiger partial charge in [-0.1, -0.05) is 30.3 Å². The van der Waals surface area contributed by atoms with Crippen LogP contribution >= 0.6 is 0 Å². The first-order chi connectivity index (χ1) is 11.3. The molecule has 1 aromatic rings. The van der Waals surface area contributed by atoms with Crippen molar-refractivity contribution in [3.63, 3.8) is 0 Å². The molecule has 0 aliphatic carbocycles. The van der Waals surface area contributed by atoms with E-state index in [2.05, 4.69) is 34.5 Å². The molecule has 2 fully saturated rings. The average molecular weight is 318 g/mol. The van der Waals surface area contributed by atoms with Crippen molar-refractivity contribution in [3.05, 3.63) is 35.9 Å². The van der Waals surface area contributed by atoms with Gasteiger partial charge < -0.3 is 14.8 Å². The summed E-state index contributed by atoms with van der Waals surface area (Å²) in [7, 11) is 1.65. The Labute approximate surface area is 137 Å². The molecule has 0 aromatic heterocycles. The van der Waals surface area contributed by atoms with Crippen molar-refractivity contribution in [1.82, 2.24) is 10.2 Å². The van der Waals surface area contributed by atoms with E-state index in [1.807, 2.05) is 6.07 Å². The number of nitrogens with zero attached hydrogens (tertiary/aromatic N) is 1. The van der Waals surface area contributed by atoms with Crippen molar-refractivity contribution in [2.45, 2.75) is 19.1 Å². The van der Waals surface area contributed by atoms with E-state index in [9.17, 15) is 4.79 Å². The van der Waals surface area contributed by atoms with Gasteiger partial charge in [0.25, 0.3) is 0 Å². The van der Waals surface area contributed by atoms with Crippen molar-refractivity contribution in [1.29, 1.82) is 0 Å². The predicted molar refractivity (Wildman–Crippen MR) is 87.9 cm³/mol. The molecule has 2 heterocycles. The first-order valence-corrected chi connectivity index (χ1v) is 8.42. The highest BCUT2D eigenvalue weighted by Gasteiger charge is 2.43. The lowest BCUT2D eigenvalue weighted by Gasteiger charge is -2.39. The molecule has 0 bridgehead atoms. The van der Waals surface area contributed by atoms with Crippen LogP contribution in [0.3, 0.4) is 0 Å². The fraction of sp³-hybridized carbons (Fsp3) is 0.611. The van der Waals surface area contributed by atoms with Gasteiger partial charge in [0.2, 0.25) is 5.91 Å². The Bertz CT molecular complexity index is 508. The van der Waals surface area contributed by atoms with Gasteiger partial charge in [0.15, 0.2) is 0 Å². The molecule has 5 nitrogen and oxygen atoms in total. The van der Waals surface area contributed by atoms with Crippen LogP contribution in [0.2, 0.25) is 0 Å². The van der Waals surface area contributed by atoms with Gasteiger partial charge in [-0.2, -0.15) is 0 Å². The Balaban J connectivity index is 1.64. The molecule has 0 radical (unpaired) electrons. The van der Waals surface area contributed by atoms with E-state index >= 15 is 0 Å². The summed E-state index contributed by atoms with van der Waals surface area (Å²) in [5, 5.41) is 3.00. The van der Waals surface area contributed by atoms with Gasteiger partial charge in [0.05, 0.1) is 18.6 Å². The first kappa shape index (κ1) is 16.4. The molecule has 126 valence electrons. The molecule has 23 heavy (non-hydrogen) atoms. The number of carbonyl (C=O) groups excluding carboxylic acids is 1. The maximum Gasteiger partial charge on any atom is 0.224 e. The molecule has 1 aromatic carbocycles. The largest absolute Gasteiger partial charge is 0.383 e. The third kappa shape index (κ3) is 4.10. The van der Waals surface area contributed by atoms with Gasteiger partial charge in [-0.3, -0.25) is 9.69 Å². The third-order valence-electron chi connectivity index (χ3n) is 4.86. The normalized spacial score (nSPS) is 27.6. The van der Waals surface area contributed by atoms with Crippen molar-refractivity contribution in [3.8, 4) is 0 Å². The van der Waals surface area contributed by atoms with Crippen LogP contribution in [0.1, 0.15) is 12.0 Å². The Morgan fingerprint density at radius 3 is 2.96 bits per heavy atom. The summed E-state index contributed by atoms with van der Waals surface area (Å²) in [6.45, 7) is 4.49. The zero-order valence-corrected chi connectivity index (χ0v) is 13.7. The van der Waals surface area contributed by atoms with E-state index in [-0.39, 0.29) is 17.9 Å². The van der Waals surface area contributed by atoms with Gasteiger partial charge in [-0.25, -0.2) is 0 Å². The smallest absolute Gasteiger partial charge is 0.224 e. The summed E-state index contributed by atoms with van der Waals surface area (Å²) in [4.78, 5) is 14.9. The second-order valence-corrected chi connectivity index (χ2v) is 6.43. The van der Waals surface area contributed by atoms with Gasteiger partial charge in [-0.05, 0) is 12.0 Å². The van der Waals surface area contributed by atoms with Crippen molar-refractivity contribution in [2.75, 3.05) is 40.0 Å². The lowest BCUT2D eigenvalue weighted by molar-refractivity contribution is -0.131. The van der Waals surface area contributed by atoms with Crippen LogP contribution in [-0.2, 0) is 20.8 Å². The van der Waals surface area contributed by atoms with Crippen LogP contribution in [0.4, 0.5) is 0 Å². The van der Waals surface area contributed by atoms with Crippen LogP contribution in [0.15, 0.2) is 30.3 Å². The molecule has 0 spiro atoms. The fourth-order valence-electron chi connectivity index (χ4n) is 3.71. The topological polar surface area (TPSA) is 50.8 Å². The van der Waals surface area contributed by atoms with Gasteiger partial charge in [-0.15, -0.1) is 0 Å². The maximum absolute atomic E-state index is 12.6. The molecule has 3 atom stereocenters. The number of piperidine rings is 1. The summed E-state index contributed by atoms with van der Waals surface area (Å²) in [6.07, 6.45) is 1.18. The average Bonchev–Trinajstić information content (AvgIpc) is 3.03. The number of ether oxygens (including phenoxy) is 2. The SMILES string of the molecule is COCCNC(=O)[C@H]1CN(Cc2ccccc2)C[C@H]2OCC[C@@H]12. The monoisotopic (exact) mass is 318 g/mol. The number of benzene rings is 1. The fourth-order valence-corrected chi connectivity index (χ4v) is 3.71. The number of likely N-dealkylation sites (tertiary alicyclic amines) is 1. The summed E-state index contributed by atoms with van der Waals surface area (Å²) >= 11 is 0. The van der Waals surface area contributed by atoms with Crippen LogP contribution in [0.25, 0.3) is 0 Å². The molecule has 1 amide bonds. The van der Waals surface area contributed by atoms with E-state index in [1.165, 1.54) is 5.56 Å². The minimum Gasteiger partial charge on any atom is -0.383 e.